The standard InChI is InChI=1S/C24H27N7O3S/c1-4-30-16(22(32)31(13-6-7-13)14-8-9-14)10-15-19-18(26-12-29(19)3)20(27-21(15)30)28-24-25-11-17(35-24)23(33)34-5-2/h10-14H,4-9H2,1-3H3,(H,25,27,28). The van der Waals surface area contributed by atoms with E-state index in [1.807, 2.05) is 29.2 Å². The number of thiazole rings is 1. The van der Waals surface area contributed by atoms with Crippen LogP contribution in [0.1, 0.15) is 59.7 Å². The molecule has 0 spiro atoms. The highest BCUT2D eigenvalue weighted by atomic mass is 32.1. The fourth-order valence-corrected chi connectivity index (χ4v) is 5.40. The first-order valence-electron chi connectivity index (χ1n) is 12.1. The van der Waals surface area contributed by atoms with Gasteiger partial charge < -0.3 is 24.1 Å². The van der Waals surface area contributed by atoms with Crippen LogP contribution in [0, 0.1) is 0 Å². The maximum atomic E-state index is 13.7. The van der Waals surface area contributed by atoms with Crippen molar-refractivity contribution in [1.29, 1.82) is 0 Å². The number of aromatic nitrogens is 5. The zero-order chi connectivity index (χ0) is 24.3. The number of carbonyl (C=O) groups is 2. The number of anilines is 2. The highest BCUT2D eigenvalue weighted by Gasteiger charge is 2.43. The number of hydrogen-bond acceptors (Lipinski definition) is 8. The molecule has 2 fully saturated rings. The molecular weight excluding hydrogens is 466 g/mol. The topological polar surface area (TPSA) is 107 Å². The lowest BCUT2D eigenvalue weighted by molar-refractivity contribution is 0.0531. The first-order chi connectivity index (χ1) is 17.0. The summed E-state index contributed by atoms with van der Waals surface area (Å²) in [5, 5.41) is 4.66. The van der Waals surface area contributed by atoms with Crippen molar-refractivity contribution in [2.75, 3.05) is 11.9 Å². The second-order valence-corrected chi connectivity index (χ2v) is 10.1. The summed E-state index contributed by atoms with van der Waals surface area (Å²) in [5.41, 5.74) is 2.97. The smallest absolute Gasteiger partial charge is 0.350 e. The number of imidazole rings is 1. The Hall–Kier alpha value is -3.47. The zero-order valence-corrected chi connectivity index (χ0v) is 20.8. The summed E-state index contributed by atoms with van der Waals surface area (Å²) < 4.78 is 9.02. The molecular formula is C24H27N7O3S. The Morgan fingerprint density at radius 3 is 2.60 bits per heavy atom. The molecule has 35 heavy (non-hydrogen) atoms. The Morgan fingerprint density at radius 2 is 1.94 bits per heavy atom. The second kappa shape index (κ2) is 8.33. The van der Waals surface area contributed by atoms with Crippen molar-refractivity contribution < 1.29 is 14.3 Å². The van der Waals surface area contributed by atoms with Crippen molar-refractivity contribution in [3.8, 4) is 0 Å². The zero-order valence-electron chi connectivity index (χ0n) is 19.9. The average Bonchev–Trinajstić information content (AvgIpc) is 3.74. The van der Waals surface area contributed by atoms with Gasteiger partial charge in [0.05, 0.1) is 24.6 Å². The van der Waals surface area contributed by atoms with Gasteiger partial charge in [0.2, 0.25) is 0 Å². The van der Waals surface area contributed by atoms with E-state index in [1.165, 1.54) is 17.5 Å². The number of aryl methyl sites for hydroxylation is 2. The average molecular weight is 494 g/mol. The Morgan fingerprint density at radius 1 is 1.20 bits per heavy atom. The third-order valence-corrected chi connectivity index (χ3v) is 7.45. The van der Waals surface area contributed by atoms with E-state index >= 15 is 0 Å². The van der Waals surface area contributed by atoms with Gasteiger partial charge in [0.15, 0.2) is 10.9 Å². The molecule has 11 heteroatoms. The van der Waals surface area contributed by atoms with E-state index in [1.54, 1.807) is 13.3 Å². The Labute approximate surface area is 205 Å². The molecule has 2 aliphatic carbocycles. The number of esters is 1. The maximum Gasteiger partial charge on any atom is 0.350 e. The molecule has 0 saturated heterocycles. The molecule has 0 aromatic carbocycles. The summed E-state index contributed by atoms with van der Waals surface area (Å²) in [6, 6.07) is 2.72. The van der Waals surface area contributed by atoms with E-state index in [2.05, 4.69) is 20.2 Å². The van der Waals surface area contributed by atoms with Crippen LogP contribution in [0.4, 0.5) is 10.9 Å². The fraction of sp³-hybridized carbons (Fsp3) is 0.458. The predicted octanol–water partition coefficient (Wildman–Crippen LogP) is 4.09. The molecule has 0 radical (unpaired) electrons. The van der Waals surface area contributed by atoms with Crippen LogP contribution in [0.5, 0.6) is 0 Å². The molecule has 2 saturated carbocycles. The Bertz CT molecular complexity index is 1450. The highest BCUT2D eigenvalue weighted by molar-refractivity contribution is 7.17. The Kier molecular flexibility index (Phi) is 5.24. The molecule has 4 aromatic rings. The van der Waals surface area contributed by atoms with Crippen molar-refractivity contribution in [3.05, 3.63) is 29.2 Å². The maximum absolute atomic E-state index is 13.7. The van der Waals surface area contributed by atoms with Gasteiger partial charge in [0.1, 0.15) is 21.7 Å². The molecule has 0 bridgehead atoms. The fourth-order valence-electron chi connectivity index (χ4n) is 4.70. The van der Waals surface area contributed by atoms with Crippen molar-refractivity contribution >= 4 is 56.2 Å². The molecule has 0 atom stereocenters. The number of nitrogens with zero attached hydrogens (tertiary/aromatic N) is 6. The largest absolute Gasteiger partial charge is 0.462 e. The molecule has 10 nitrogen and oxygen atoms in total. The molecule has 182 valence electrons. The third kappa shape index (κ3) is 3.74. The first kappa shape index (κ1) is 22.0. The van der Waals surface area contributed by atoms with Crippen LogP contribution in [0.25, 0.3) is 22.1 Å². The van der Waals surface area contributed by atoms with E-state index in [-0.39, 0.29) is 5.91 Å². The lowest BCUT2D eigenvalue weighted by Crippen LogP contribution is -2.36. The molecule has 1 N–H and O–H groups in total. The van der Waals surface area contributed by atoms with E-state index in [0.717, 1.165) is 42.2 Å². The van der Waals surface area contributed by atoms with Gasteiger partial charge in [-0.05, 0) is 45.6 Å². The molecule has 2 aliphatic rings. The minimum Gasteiger partial charge on any atom is -0.462 e. The minimum atomic E-state index is -0.400. The van der Waals surface area contributed by atoms with E-state index in [9.17, 15) is 9.59 Å². The number of hydrogen-bond donors (Lipinski definition) is 1. The summed E-state index contributed by atoms with van der Waals surface area (Å²) in [7, 11) is 1.94. The molecule has 0 unspecified atom stereocenters. The van der Waals surface area contributed by atoms with Crippen LogP contribution in [0.3, 0.4) is 0 Å². The van der Waals surface area contributed by atoms with E-state index in [4.69, 9.17) is 9.72 Å². The first-order valence-corrected chi connectivity index (χ1v) is 12.9. The van der Waals surface area contributed by atoms with Gasteiger partial charge in [0, 0.05) is 31.1 Å². The molecule has 0 aliphatic heterocycles. The Balaban J connectivity index is 1.44. The van der Waals surface area contributed by atoms with E-state index in [0.29, 0.717) is 52.3 Å². The quantitative estimate of drug-likeness (QED) is 0.369. The van der Waals surface area contributed by atoms with Gasteiger partial charge in [-0.15, -0.1) is 0 Å². The van der Waals surface area contributed by atoms with Crippen LogP contribution >= 0.6 is 11.3 Å². The van der Waals surface area contributed by atoms with Crippen molar-refractivity contribution in [2.24, 2.45) is 7.05 Å². The van der Waals surface area contributed by atoms with Crippen LogP contribution < -0.4 is 5.32 Å². The number of rotatable bonds is 8. The minimum absolute atomic E-state index is 0.0960. The van der Waals surface area contributed by atoms with Crippen LogP contribution in [-0.2, 0) is 18.3 Å². The summed E-state index contributed by atoms with van der Waals surface area (Å²) in [4.78, 5) is 42.1. The predicted molar refractivity (Wildman–Crippen MR) is 133 cm³/mol. The van der Waals surface area contributed by atoms with Crippen molar-refractivity contribution in [1.82, 2.24) is 29.0 Å². The van der Waals surface area contributed by atoms with Gasteiger partial charge in [-0.25, -0.2) is 19.7 Å². The van der Waals surface area contributed by atoms with Crippen LogP contribution in [-0.4, -0.2) is 59.6 Å². The normalized spacial score (nSPS) is 15.6. The number of pyridine rings is 1. The number of amides is 1. The molecule has 4 aromatic heterocycles. The lowest BCUT2D eigenvalue weighted by Gasteiger charge is -2.22. The second-order valence-electron chi connectivity index (χ2n) is 9.07. The summed E-state index contributed by atoms with van der Waals surface area (Å²) in [6.07, 6.45) is 7.61. The SMILES string of the molecule is CCOC(=O)c1cnc(Nc2nc3c(cc(C(=O)N(C4CC4)C4CC4)n3CC)c3c2ncn3C)s1. The van der Waals surface area contributed by atoms with Crippen molar-refractivity contribution in [3.63, 3.8) is 0 Å². The van der Waals surface area contributed by atoms with Crippen LogP contribution in [0.15, 0.2) is 18.6 Å². The van der Waals surface area contributed by atoms with Gasteiger partial charge in [-0.1, -0.05) is 11.3 Å². The number of carbonyl (C=O) groups excluding carboxylic acids is 2. The monoisotopic (exact) mass is 493 g/mol. The number of nitrogens with one attached hydrogen (secondary N) is 1. The third-order valence-electron chi connectivity index (χ3n) is 6.56. The van der Waals surface area contributed by atoms with Gasteiger partial charge in [0.25, 0.3) is 5.91 Å². The molecule has 6 rings (SSSR count). The van der Waals surface area contributed by atoms with Crippen molar-refractivity contribution in [2.45, 2.75) is 58.2 Å². The van der Waals surface area contributed by atoms with Crippen LogP contribution in [0.2, 0.25) is 0 Å². The van der Waals surface area contributed by atoms with Gasteiger partial charge >= 0.3 is 5.97 Å². The van der Waals surface area contributed by atoms with Gasteiger partial charge in [-0.3, -0.25) is 4.79 Å². The highest BCUT2D eigenvalue weighted by Crippen LogP contribution is 2.40. The lowest BCUT2D eigenvalue weighted by atomic mass is 10.2. The summed E-state index contributed by atoms with van der Waals surface area (Å²) in [5.74, 6) is 0.230. The number of ether oxygens (including phenoxy) is 1. The summed E-state index contributed by atoms with van der Waals surface area (Å²) >= 11 is 1.20. The molecule has 4 heterocycles. The van der Waals surface area contributed by atoms with E-state index < -0.39 is 5.97 Å². The molecule has 1 amide bonds. The van der Waals surface area contributed by atoms with Gasteiger partial charge in [-0.2, -0.15) is 0 Å². The number of fused-ring (bicyclic) bond motifs is 3. The summed E-state index contributed by atoms with van der Waals surface area (Å²) in [6.45, 7) is 4.73.